The summed E-state index contributed by atoms with van der Waals surface area (Å²) in [5.41, 5.74) is 2.28. The maximum atomic E-state index is 5.98. The molecule has 1 aliphatic rings. The average molecular weight is 355 g/mol. The highest BCUT2D eigenvalue weighted by Gasteiger charge is 2.09. The van der Waals surface area contributed by atoms with Crippen molar-refractivity contribution < 1.29 is 9.47 Å². The van der Waals surface area contributed by atoms with E-state index in [1.54, 1.807) is 6.20 Å². The smallest absolute Gasteiger partial charge is 0.124 e. The fourth-order valence-corrected chi connectivity index (χ4v) is 3.07. The zero-order valence-corrected chi connectivity index (χ0v) is 15.4. The van der Waals surface area contributed by atoms with Crippen molar-refractivity contribution >= 4 is 0 Å². The molecule has 0 spiro atoms. The van der Waals surface area contributed by atoms with Crippen molar-refractivity contribution in [3.63, 3.8) is 0 Å². The maximum Gasteiger partial charge on any atom is 0.124 e. The highest BCUT2D eigenvalue weighted by atomic mass is 16.5. The van der Waals surface area contributed by atoms with E-state index in [1.807, 2.05) is 30.5 Å². The average Bonchev–Trinajstić information content (AvgIpc) is 2.71. The highest BCUT2D eigenvalue weighted by molar-refractivity contribution is 5.33. The zero-order chi connectivity index (χ0) is 17.9. The molecule has 0 saturated carbocycles. The molecular weight excluding hydrogens is 326 g/mol. The van der Waals surface area contributed by atoms with Gasteiger partial charge in [-0.3, -0.25) is 9.88 Å². The van der Waals surface area contributed by atoms with Gasteiger partial charge in [0.1, 0.15) is 12.4 Å². The summed E-state index contributed by atoms with van der Waals surface area (Å²) >= 11 is 0. The molecule has 1 saturated heterocycles. The van der Waals surface area contributed by atoms with E-state index in [9.17, 15) is 0 Å². The minimum Gasteiger partial charge on any atom is -0.489 e. The molecule has 5 nitrogen and oxygen atoms in total. The largest absolute Gasteiger partial charge is 0.489 e. The van der Waals surface area contributed by atoms with Crippen LogP contribution in [0.25, 0.3) is 0 Å². The Kier molecular flexibility index (Phi) is 7.90. The first-order chi connectivity index (χ1) is 12.9. The Morgan fingerprint density at radius 2 is 1.96 bits per heavy atom. The zero-order valence-electron chi connectivity index (χ0n) is 15.4. The fourth-order valence-electron chi connectivity index (χ4n) is 3.07. The summed E-state index contributed by atoms with van der Waals surface area (Å²) in [6.07, 6.45) is 6.04. The number of unbranched alkanes of at least 4 members (excludes halogenated alkanes) is 1. The standard InChI is InChI=1S/C21H29N3O2/c1-2-8-21(26-18-19-6-5-10-22-16-19)20(7-1)17-23-9-3-4-11-24-12-14-25-15-13-24/h1-2,5-8,10,16,23H,3-4,9,11-15,17-18H2. The lowest BCUT2D eigenvalue weighted by atomic mass is 10.2. The summed E-state index contributed by atoms with van der Waals surface area (Å²) in [6, 6.07) is 12.2. The minimum absolute atomic E-state index is 0.546. The summed E-state index contributed by atoms with van der Waals surface area (Å²) in [4.78, 5) is 6.62. The van der Waals surface area contributed by atoms with E-state index >= 15 is 0 Å². The molecule has 0 amide bonds. The van der Waals surface area contributed by atoms with Crippen LogP contribution in [-0.2, 0) is 17.9 Å². The van der Waals surface area contributed by atoms with Gasteiger partial charge in [-0.25, -0.2) is 0 Å². The molecule has 1 aromatic carbocycles. The Morgan fingerprint density at radius 1 is 1.08 bits per heavy atom. The Hall–Kier alpha value is -1.95. The number of rotatable bonds is 10. The van der Waals surface area contributed by atoms with E-state index in [-0.39, 0.29) is 0 Å². The molecule has 2 aromatic rings. The molecule has 1 fully saturated rings. The summed E-state index contributed by atoms with van der Waals surface area (Å²) in [5, 5.41) is 3.54. The van der Waals surface area contributed by atoms with Crippen LogP contribution in [0.1, 0.15) is 24.0 Å². The molecule has 0 atom stereocenters. The van der Waals surface area contributed by atoms with Gasteiger partial charge in [-0.05, 0) is 38.1 Å². The van der Waals surface area contributed by atoms with Gasteiger partial charge in [-0.2, -0.15) is 0 Å². The quantitative estimate of drug-likeness (QED) is 0.664. The van der Waals surface area contributed by atoms with Gasteiger partial charge in [0.15, 0.2) is 0 Å². The van der Waals surface area contributed by atoms with Gasteiger partial charge in [-0.1, -0.05) is 24.3 Å². The molecule has 5 heteroatoms. The van der Waals surface area contributed by atoms with Crippen LogP contribution in [0, 0.1) is 0 Å². The first-order valence-corrected chi connectivity index (χ1v) is 9.52. The lowest BCUT2D eigenvalue weighted by molar-refractivity contribution is 0.0372. The second-order valence-corrected chi connectivity index (χ2v) is 6.60. The Morgan fingerprint density at radius 3 is 2.81 bits per heavy atom. The first kappa shape index (κ1) is 18.8. The van der Waals surface area contributed by atoms with Crippen LogP contribution in [0.3, 0.4) is 0 Å². The first-order valence-electron chi connectivity index (χ1n) is 9.52. The topological polar surface area (TPSA) is 46.6 Å². The molecule has 1 aliphatic heterocycles. The van der Waals surface area contributed by atoms with Crippen LogP contribution < -0.4 is 10.1 Å². The van der Waals surface area contributed by atoms with Gasteiger partial charge >= 0.3 is 0 Å². The third-order valence-electron chi connectivity index (χ3n) is 4.59. The molecule has 140 valence electrons. The number of pyridine rings is 1. The number of para-hydroxylation sites is 1. The maximum absolute atomic E-state index is 5.98. The number of hydrogen-bond donors (Lipinski definition) is 1. The predicted octanol–water partition coefficient (Wildman–Crippen LogP) is 2.86. The third-order valence-corrected chi connectivity index (χ3v) is 4.59. The van der Waals surface area contributed by atoms with Crippen LogP contribution in [-0.4, -0.2) is 49.3 Å². The van der Waals surface area contributed by atoms with E-state index in [2.05, 4.69) is 27.3 Å². The SMILES string of the molecule is c1cncc(COc2ccccc2CNCCCCN2CCOCC2)c1. The Bertz CT molecular complexity index is 630. The number of nitrogens with one attached hydrogen (secondary N) is 1. The monoisotopic (exact) mass is 355 g/mol. The van der Waals surface area contributed by atoms with Crippen LogP contribution in [0.4, 0.5) is 0 Å². The van der Waals surface area contributed by atoms with Gasteiger partial charge < -0.3 is 14.8 Å². The van der Waals surface area contributed by atoms with Gasteiger partial charge in [0.05, 0.1) is 13.2 Å². The molecule has 2 heterocycles. The van der Waals surface area contributed by atoms with E-state index in [0.717, 1.165) is 50.7 Å². The van der Waals surface area contributed by atoms with Gasteiger partial charge in [0.2, 0.25) is 0 Å². The number of morpholine rings is 1. The van der Waals surface area contributed by atoms with Crippen molar-refractivity contribution in [1.29, 1.82) is 0 Å². The molecule has 0 bridgehead atoms. The van der Waals surface area contributed by atoms with Crippen LogP contribution in [0.5, 0.6) is 5.75 Å². The molecular formula is C21H29N3O2. The molecule has 0 radical (unpaired) electrons. The number of benzene rings is 1. The summed E-state index contributed by atoms with van der Waals surface area (Å²) in [6.45, 7) is 7.51. The number of ether oxygens (including phenoxy) is 2. The van der Waals surface area contributed by atoms with E-state index < -0.39 is 0 Å². The summed E-state index contributed by atoms with van der Waals surface area (Å²) in [7, 11) is 0. The molecule has 0 unspecified atom stereocenters. The van der Waals surface area contributed by atoms with Crippen molar-refractivity contribution in [3.8, 4) is 5.75 Å². The van der Waals surface area contributed by atoms with Gasteiger partial charge in [0.25, 0.3) is 0 Å². The van der Waals surface area contributed by atoms with Crippen LogP contribution >= 0.6 is 0 Å². The van der Waals surface area contributed by atoms with Crippen molar-refractivity contribution in [2.24, 2.45) is 0 Å². The fraction of sp³-hybridized carbons (Fsp3) is 0.476. The highest BCUT2D eigenvalue weighted by Crippen LogP contribution is 2.19. The van der Waals surface area contributed by atoms with E-state index in [0.29, 0.717) is 6.61 Å². The summed E-state index contributed by atoms with van der Waals surface area (Å²) in [5.74, 6) is 0.942. The minimum atomic E-state index is 0.546. The molecule has 26 heavy (non-hydrogen) atoms. The number of hydrogen-bond acceptors (Lipinski definition) is 5. The lowest BCUT2D eigenvalue weighted by Gasteiger charge is -2.26. The van der Waals surface area contributed by atoms with Crippen molar-refractivity contribution in [2.75, 3.05) is 39.4 Å². The molecule has 1 N–H and O–H groups in total. The number of nitrogens with zero attached hydrogens (tertiary/aromatic N) is 2. The van der Waals surface area contributed by atoms with Crippen LogP contribution in [0.2, 0.25) is 0 Å². The Balaban J connectivity index is 1.35. The molecule has 0 aliphatic carbocycles. The lowest BCUT2D eigenvalue weighted by Crippen LogP contribution is -2.37. The second kappa shape index (κ2) is 10.9. The van der Waals surface area contributed by atoms with E-state index in [4.69, 9.17) is 9.47 Å². The van der Waals surface area contributed by atoms with Crippen molar-refractivity contribution in [1.82, 2.24) is 15.2 Å². The van der Waals surface area contributed by atoms with Gasteiger partial charge in [0, 0.05) is 43.2 Å². The normalized spacial score (nSPS) is 15.1. The molecule has 3 rings (SSSR count). The second-order valence-electron chi connectivity index (χ2n) is 6.60. The van der Waals surface area contributed by atoms with E-state index in [1.165, 1.54) is 24.9 Å². The summed E-state index contributed by atoms with van der Waals surface area (Å²) < 4.78 is 11.4. The number of aromatic nitrogens is 1. The molecule has 1 aromatic heterocycles. The van der Waals surface area contributed by atoms with Gasteiger partial charge in [-0.15, -0.1) is 0 Å². The predicted molar refractivity (Wildman–Crippen MR) is 103 cm³/mol. The van der Waals surface area contributed by atoms with Crippen molar-refractivity contribution in [3.05, 3.63) is 59.9 Å². The third kappa shape index (κ3) is 6.41. The van der Waals surface area contributed by atoms with Crippen LogP contribution in [0.15, 0.2) is 48.8 Å². The van der Waals surface area contributed by atoms with Crippen molar-refractivity contribution in [2.45, 2.75) is 26.0 Å². The Labute approximate surface area is 156 Å².